The Hall–Kier alpha value is -2.15. The van der Waals surface area contributed by atoms with Gasteiger partial charge in [-0.05, 0) is 31.0 Å². The van der Waals surface area contributed by atoms with Crippen molar-refractivity contribution in [3.8, 4) is 5.75 Å². The Morgan fingerprint density at radius 3 is 2.96 bits per heavy atom. The standard InChI is InChI=1S/C17H19FN4OS/c1-23-15-7-6-13(18)8-12(15)9-19-16-21-22-10-14(20-17(22)24-16)11-4-2-3-5-11/h6-8,10-11H,2-5,9H2,1H3,(H,19,21). The monoisotopic (exact) mass is 346 g/mol. The molecule has 4 rings (SSSR count). The highest BCUT2D eigenvalue weighted by Gasteiger charge is 2.21. The SMILES string of the molecule is COc1ccc(F)cc1CNc1nn2cc(C3CCCC3)nc2s1. The number of ether oxygens (including phenoxy) is 1. The summed E-state index contributed by atoms with van der Waals surface area (Å²) in [5.41, 5.74) is 1.92. The lowest BCUT2D eigenvalue weighted by atomic mass is 10.1. The van der Waals surface area contributed by atoms with Gasteiger partial charge in [-0.2, -0.15) is 0 Å². The Kier molecular flexibility index (Phi) is 4.10. The molecule has 0 amide bonds. The van der Waals surface area contributed by atoms with Gasteiger partial charge in [-0.1, -0.05) is 24.2 Å². The highest BCUT2D eigenvalue weighted by molar-refractivity contribution is 7.20. The van der Waals surface area contributed by atoms with Crippen LogP contribution in [0, 0.1) is 5.82 Å². The highest BCUT2D eigenvalue weighted by atomic mass is 32.1. The molecule has 0 bridgehead atoms. The highest BCUT2D eigenvalue weighted by Crippen LogP contribution is 2.34. The second-order valence-corrected chi connectivity index (χ2v) is 7.05. The van der Waals surface area contributed by atoms with Crippen molar-refractivity contribution in [1.82, 2.24) is 14.6 Å². The maximum Gasteiger partial charge on any atom is 0.214 e. The molecule has 1 aliphatic rings. The number of fused-ring (bicyclic) bond motifs is 1. The topological polar surface area (TPSA) is 51.5 Å². The Bertz CT molecular complexity index is 822. The van der Waals surface area contributed by atoms with E-state index in [2.05, 4.69) is 10.4 Å². The molecule has 0 spiro atoms. The summed E-state index contributed by atoms with van der Waals surface area (Å²) in [5.74, 6) is 0.975. The van der Waals surface area contributed by atoms with Crippen LogP contribution in [0.15, 0.2) is 24.4 Å². The van der Waals surface area contributed by atoms with Gasteiger partial charge in [0.2, 0.25) is 10.1 Å². The number of imidazole rings is 1. The minimum atomic E-state index is -0.275. The minimum absolute atomic E-state index is 0.275. The van der Waals surface area contributed by atoms with Gasteiger partial charge >= 0.3 is 0 Å². The van der Waals surface area contributed by atoms with Gasteiger partial charge in [0.1, 0.15) is 11.6 Å². The van der Waals surface area contributed by atoms with E-state index in [0.717, 1.165) is 21.3 Å². The zero-order chi connectivity index (χ0) is 16.5. The average molecular weight is 346 g/mol. The molecule has 1 aromatic carbocycles. The summed E-state index contributed by atoms with van der Waals surface area (Å²) < 4.78 is 20.5. The van der Waals surface area contributed by atoms with Crippen LogP contribution < -0.4 is 10.1 Å². The number of benzene rings is 1. The van der Waals surface area contributed by atoms with Crippen LogP contribution in [0.2, 0.25) is 0 Å². The first-order valence-corrected chi connectivity index (χ1v) is 8.97. The van der Waals surface area contributed by atoms with E-state index in [0.29, 0.717) is 18.2 Å². The van der Waals surface area contributed by atoms with E-state index < -0.39 is 0 Å². The van der Waals surface area contributed by atoms with Crippen molar-refractivity contribution in [3.63, 3.8) is 0 Å². The molecule has 0 radical (unpaired) electrons. The summed E-state index contributed by atoms with van der Waals surface area (Å²) in [6, 6.07) is 4.50. The van der Waals surface area contributed by atoms with Crippen molar-refractivity contribution in [1.29, 1.82) is 0 Å². The summed E-state index contributed by atoms with van der Waals surface area (Å²) in [4.78, 5) is 5.61. The van der Waals surface area contributed by atoms with Gasteiger partial charge in [0.15, 0.2) is 0 Å². The fraction of sp³-hybridized carbons (Fsp3) is 0.412. The van der Waals surface area contributed by atoms with Crippen LogP contribution in [0.25, 0.3) is 4.96 Å². The van der Waals surface area contributed by atoms with Gasteiger partial charge in [-0.15, -0.1) is 5.10 Å². The Morgan fingerprint density at radius 2 is 2.21 bits per heavy atom. The Labute approximate surface area is 143 Å². The van der Waals surface area contributed by atoms with Gasteiger partial charge in [0, 0.05) is 18.0 Å². The van der Waals surface area contributed by atoms with Crippen molar-refractivity contribution in [3.05, 3.63) is 41.5 Å². The molecule has 0 atom stereocenters. The maximum atomic E-state index is 13.4. The molecule has 1 aliphatic carbocycles. The number of anilines is 1. The molecule has 0 saturated heterocycles. The number of nitrogens with zero attached hydrogens (tertiary/aromatic N) is 3. The first-order chi connectivity index (χ1) is 11.7. The van der Waals surface area contributed by atoms with Crippen LogP contribution in [0.5, 0.6) is 5.75 Å². The number of rotatable bonds is 5. The quantitative estimate of drug-likeness (QED) is 0.752. The summed E-state index contributed by atoms with van der Waals surface area (Å²) >= 11 is 1.51. The van der Waals surface area contributed by atoms with E-state index in [9.17, 15) is 4.39 Å². The van der Waals surface area contributed by atoms with Gasteiger partial charge in [0.25, 0.3) is 0 Å². The van der Waals surface area contributed by atoms with Crippen LogP contribution in [-0.2, 0) is 6.54 Å². The van der Waals surface area contributed by atoms with E-state index in [1.807, 2.05) is 10.7 Å². The van der Waals surface area contributed by atoms with E-state index >= 15 is 0 Å². The molecule has 1 N–H and O–H groups in total. The first kappa shape index (κ1) is 15.4. The number of halogens is 1. The summed E-state index contributed by atoms with van der Waals surface area (Å²) in [7, 11) is 1.58. The Balaban J connectivity index is 1.49. The maximum absolute atomic E-state index is 13.4. The molecule has 2 aromatic heterocycles. The molecule has 3 aromatic rings. The zero-order valence-electron chi connectivity index (χ0n) is 13.5. The molecule has 126 valence electrons. The normalized spacial score (nSPS) is 15.2. The largest absolute Gasteiger partial charge is 0.496 e. The van der Waals surface area contributed by atoms with Crippen LogP contribution in [-0.4, -0.2) is 21.7 Å². The lowest BCUT2D eigenvalue weighted by molar-refractivity contribution is 0.409. The van der Waals surface area contributed by atoms with E-state index in [1.165, 1.54) is 49.2 Å². The van der Waals surface area contributed by atoms with E-state index in [1.54, 1.807) is 13.2 Å². The number of hydrogen-bond acceptors (Lipinski definition) is 5. The number of hydrogen-bond donors (Lipinski definition) is 1. The molecule has 1 saturated carbocycles. The van der Waals surface area contributed by atoms with Crippen LogP contribution in [0.3, 0.4) is 0 Å². The van der Waals surface area contributed by atoms with Crippen molar-refractivity contribution in [2.24, 2.45) is 0 Å². The predicted octanol–water partition coefficient (Wildman–Crippen LogP) is 4.21. The smallest absolute Gasteiger partial charge is 0.214 e. The number of nitrogens with one attached hydrogen (secondary N) is 1. The first-order valence-electron chi connectivity index (χ1n) is 8.15. The summed E-state index contributed by atoms with van der Waals surface area (Å²) in [6.07, 6.45) is 7.09. The molecule has 0 aliphatic heterocycles. The molecule has 7 heteroatoms. The van der Waals surface area contributed by atoms with E-state index in [4.69, 9.17) is 9.72 Å². The summed E-state index contributed by atoms with van der Waals surface area (Å²) in [5, 5.41) is 8.52. The van der Waals surface area contributed by atoms with Crippen molar-refractivity contribution in [2.45, 2.75) is 38.1 Å². The zero-order valence-corrected chi connectivity index (χ0v) is 14.3. The molecule has 24 heavy (non-hydrogen) atoms. The average Bonchev–Trinajstić information content (AvgIpc) is 3.28. The van der Waals surface area contributed by atoms with Crippen LogP contribution >= 0.6 is 11.3 Å². The lowest BCUT2D eigenvalue weighted by Gasteiger charge is -2.08. The van der Waals surface area contributed by atoms with Crippen molar-refractivity contribution in [2.75, 3.05) is 12.4 Å². The molecular formula is C17H19FN4OS. The molecule has 2 heterocycles. The van der Waals surface area contributed by atoms with Crippen LogP contribution in [0.4, 0.5) is 9.52 Å². The molecule has 1 fully saturated rings. The molecular weight excluding hydrogens is 327 g/mol. The van der Waals surface area contributed by atoms with Gasteiger partial charge in [0.05, 0.1) is 19.0 Å². The second-order valence-electron chi connectivity index (χ2n) is 6.09. The van der Waals surface area contributed by atoms with E-state index in [-0.39, 0.29) is 5.82 Å². The fourth-order valence-electron chi connectivity index (χ4n) is 3.26. The summed E-state index contributed by atoms with van der Waals surface area (Å²) in [6.45, 7) is 0.451. The minimum Gasteiger partial charge on any atom is -0.496 e. The lowest BCUT2D eigenvalue weighted by Crippen LogP contribution is -2.02. The third-order valence-electron chi connectivity index (χ3n) is 4.51. The second kappa shape index (κ2) is 6.39. The molecule has 5 nitrogen and oxygen atoms in total. The van der Waals surface area contributed by atoms with Crippen molar-refractivity contribution < 1.29 is 9.13 Å². The third kappa shape index (κ3) is 2.96. The number of aromatic nitrogens is 3. The Morgan fingerprint density at radius 1 is 1.38 bits per heavy atom. The van der Waals surface area contributed by atoms with Crippen molar-refractivity contribution >= 4 is 21.4 Å². The molecule has 0 unspecified atom stereocenters. The van der Waals surface area contributed by atoms with Gasteiger partial charge in [-0.25, -0.2) is 13.9 Å². The fourth-order valence-corrected chi connectivity index (χ4v) is 4.05. The van der Waals surface area contributed by atoms with Gasteiger partial charge in [-0.3, -0.25) is 0 Å². The number of methoxy groups -OCH3 is 1. The predicted molar refractivity (Wildman–Crippen MR) is 92.4 cm³/mol. The van der Waals surface area contributed by atoms with Crippen LogP contribution in [0.1, 0.15) is 42.9 Å². The third-order valence-corrected chi connectivity index (χ3v) is 5.39. The van der Waals surface area contributed by atoms with Gasteiger partial charge < -0.3 is 10.1 Å².